The summed E-state index contributed by atoms with van der Waals surface area (Å²) in [4.78, 5) is 22.6. The first-order valence-corrected chi connectivity index (χ1v) is 7.18. The van der Waals surface area contributed by atoms with Gasteiger partial charge >= 0.3 is 0 Å². The summed E-state index contributed by atoms with van der Waals surface area (Å²) < 4.78 is 0. The predicted molar refractivity (Wildman–Crippen MR) is 81.6 cm³/mol. The van der Waals surface area contributed by atoms with Crippen LogP contribution in [0.25, 0.3) is 0 Å². The Bertz CT molecular complexity index is 633. The molecule has 1 fully saturated rings. The number of rotatable bonds is 3. The summed E-state index contributed by atoms with van der Waals surface area (Å²) in [5.41, 5.74) is 2.55. The third-order valence-electron chi connectivity index (χ3n) is 3.58. The van der Waals surface area contributed by atoms with Crippen LogP contribution >= 0.6 is 0 Å². The number of amides is 1. The van der Waals surface area contributed by atoms with Crippen LogP contribution < -0.4 is 5.32 Å². The monoisotopic (exact) mass is 282 g/mol. The Labute approximate surface area is 124 Å². The van der Waals surface area contributed by atoms with Crippen molar-refractivity contribution in [3.63, 3.8) is 0 Å². The molecule has 3 rings (SSSR count). The fourth-order valence-corrected chi connectivity index (χ4v) is 2.39. The molecule has 5 nitrogen and oxygen atoms in total. The van der Waals surface area contributed by atoms with Gasteiger partial charge in [0.25, 0.3) is 5.91 Å². The highest BCUT2D eigenvalue weighted by Crippen LogP contribution is 2.15. The smallest absolute Gasteiger partial charge is 0.272 e. The number of nitrogens with one attached hydrogen (secondary N) is 1. The number of benzene rings is 1. The van der Waals surface area contributed by atoms with Gasteiger partial charge in [-0.3, -0.25) is 4.79 Å². The van der Waals surface area contributed by atoms with Gasteiger partial charge in [0.15, 0.2) is 0 Å². The molecule has 0 atom stereocenters. The number of nitrogens with zero attached hydrogens (tertiary/aromatic N) is 3. The Morgan fingerprint density at radius 1 is 1.14 bits per heavy atom. The molecular formula is C16H18N4O. The van der Waals surface area contributed by atoms with Crippen LogP contribution in [0.2, 0.25) is 0 Å². The lowest BCUT2D eigenvalue weighted by molar-refractivity contribution is 0.0787. The minimum Gasteiger partial charge on any atom is -0.337 e. The van der Waals surface area contributed by atoms with E-state index in [0.29, 0.717) is 11.6 Å². The van der Waals surface area contributed by atoms with Crippen molar-refractivity contribution in [3.8, 4) is 0 Å². The number of aryl methyl sites for hydroxylation is 1. The zero-order valence-corrected chi connectivity index (χ0v) is 12.0. The molecule has 108 valence electrons. The van der Waals surface area contributed by atoms with E-state index in [-0.39, 0.29) is 5.91 Å². The Balaban J connectivity index is 1.76. The van der Waals surface area contributed by atoms with Crippen molar-refractivity contribution < 1.29 is 4.79 Å². The molecule has 21 heavy (non-hydrogen) atoms. The van der Waals surface area contributed by atoms with Crippen LogP contribution in [0.3, 0.4) is 0 Å². The highest BCUT2D eigenvalue weighted by Gasteiger charge is 2.20. The second kappa shape index (κ2) is 5.91. The van der Waals surface area contributed by atoms with E-state index in [4.69, 9.17) is 0 Å². The summed E-state index contributed by atoms with van der Waals surface area (Å²) in [6.45, 7) is 3.68. The minimum atomic E-state index is -0.0122. The van der Waals surface area contributed by atoms with Gasteiger partial charge in [0, 0.05) is 25.0 Å². The molecule has 5 heteroatoms. The molecule has 1 N–H and O–H groups in total. The number of carbonyl (C=O) groups excluding carboxylic acids is 1. The largest absolute Gasteiger partial charge is 0.337 e. The number of aromatic nitrogens is 2. The Morgan fingerprint density at radius 2 is 1.86 bits per heavy atom. The average molecular weight is 282 g/mol. The normalized spacial score (nSPS) is 14.2. The van der Waals surface area contributed by atoms with Crippen LogP contribution in [-0.4, -0.2) is 33.9 Å². The van der Waals surface area contributed by atoms with Crippen LogP contribution in [0.15, 0.2) is 36.5 Å². The van der Waals surface area contributed by atoms with Gasteiger partial charge in [-0.25, -0.2) is 9.97 Å². The lowest BCUT2D eigenvalue weighted by Gasteiger charge is -2.14. The molecule has 2 heterocycles. The highest BCUT2D eigenvalue weighted by atomic mass is 16.2. The summed E-state index contributed by atoms with van der Waals surface area (Å²) in [6, 6.07) is 9.63. The summed E-state index contributed by atoms with van der Waals surface area (Å²) in [6.07, 6.45) is 3.77. The molecule has 1 aromatic heterocycles. The van der Waals surface area contributed by atoms with Crippen molar-refractivity contribution in [1.82, 2.24) is 14.9 Å². The predicted octanol–water partition coefficient (Wildman–Crippen LogP) is 2.76. The molecule has 1 aliphatic rings. The maximum atomic E-state index is 12.3. The molecule has 1 saturated heterocycles. The van der Waals surface area contributed by atoms with Crippen molar-refractivity contribution in [2.45, 2.75) is 19.8 Å². The number of hydrogen-bond donors (Lipinski definition) is 1. The van der Waals surface area contributed by atoms with Crippen LogP contribution in [0.1, 0.15) is 28.9 Å². The van der Waals surface area contributed by atoms with E-state index in [2.05, 4.69) is 15.3 Å². The van der Waals surface area contributed by atoms with Crippen LogP contribution in [0.4, 0.5) is 11.6 Å². The van der Waals surface area contributed by atoms with Gasteiger partial charge in [0.05, 0.1) is 0 Å². The van der Waals surface area contributed by atoms with Crippen LogP contribution in [-0.2, 0) is 0 Å². The lowest BCUT2D eigenvalue weighted by Crippen LogP contribution is -2.28. The molecular weight excluding hydrogens is 264 g/mol. The summed E-state index contributed by atoms with van der Waals surface area (Å²) >= 11 is 0. The number of anilines is 2. The SMILES string of the molecule is Cc1ccc(Nc2nccc(C(=O)N3CCCC3)n2)cc1. The first-order valence-electron chi connectivity index (χ1n) is 7.18. The standard InChI is InChI=1S/C16H18N4O/c1-12-4-6-13(7-5-12)18-16-17-9-8-14(19-16)15(21)20-10-2-3-11-20/h4-9H,2-3,10-11H2,1H3,(H,17,18,19). The van der Waals surface area contributed by atoms with Gasteiger partial charge in [-0.2, -0.15) is 0 Å². The Morgan fingerprint density at radius 3 is 2.57 bits per heavy atom. The van der Waals surface area contributed by atoms with Gasteiger partial charge in [-0.1, -0.05) is 17.7 Å². The minimum absolute atomic E-state index is 0.0122. The quantitative estimate of drug-likeness (QED) is 0.940. The number of carbonyl (C=O) groups is 1. The van der Waals surface area contributed by atoms with Gasteiger partial charge in [-0.15, -0.1) is 0 Å². The molecule has 0 aliphatic carbocycles. The van der Waals surface area contributed by atoms with Gasteiger partial charge in [0.2, 0.25) is 5.95 Å². The molecule has 0 unspecified atom stereocenters. The fourth-order valence-electron chi connectivity index (χ4n) is 2.39. The zero-order chi connectivity index (χ0) is 14.7. The summed E-state index contributed by atoms with van der Waals surface area (Å²) in [5, 5.41) is 3.12. The fraction of sp³-hybridized carbons (Fsp3) is 0.312. The third kappa shape index (κ3) is 3.18. The van der Waals surface area contributed by atoms with Gasteiger partial charge < -0.3 is 10.2 Å². The molecule has 0 saturated carbocycles. The van der Waals surface area contributed by atoms with Crippen molar-refractivity contribution in [3.05, 3.63) is 47.8 Å². The zero-order valence-electron chi connectivity index (χ0n) is 12.0. The second-order valence-electron chi connectivity index (χ2n) is 5.26. The van der Waals surface area contributed by atoms with Crippen molar-refractivity contribution >= 4 is 17.5 Å². The van der Waals surface area contributed by atoms with Crippen LogP contribution in [0, 0.1) is 6.92 Å². The molecule has 1 amide bonds. The van der Waals surface area contributed by atoms with E-state index in [0.717, 1.165) is 31.6 Å². The highest BCUT2D eigenvalue weighted by molar-refractivity contribution is 5.92. The van der Waals surface area contributed by atoms with Crippen molar-refractivity contribution in [2.75, 3.05) is 18.4 Å². The average Bonchev–Trinajstić information content (AvgIpc) is 3.03. The second-order valence-corrected chi connectivity index (χ2v) is 5.26. The van der Waals surface area contributed by atoms with E-state index in [1.165, 1.54) is 5.56 Å². The van der Waals surface area contributed by atoms with E-state index in [1.807, 2.05) is 36.1 Å². The van der Waals surface area contributed by atoms with E-state index < -0.39 is 0 Å². The third-order valence-corrected chi connectivity index (χ3v) is 3.58. The molecule has 0 spiro atoms. The molecule has 1 aliphatic heterocycles. The molecule has 1 aromatic carbocycles. The maximum absolute atomic E-state index is 12.3. The van der Waals surface area contributed by atoms with E-state index in [1.54, 1.807) is 12.3 Å². The molecule has 0 radical (unpaired) electrons. The van der Waals surface area contributed by atoms with Crippen molar-refractivity contribution in [2.24, 2.45) is 0 Å². The topological polar surface area (TPSA) is 58.1 Å². The molecule has 0 bridgehead atoms. The lowest BCUT2D eigenvalue weighted by atomic mass is 10.2. The van der Waals surface area contributed by atoms with Gasteiger partial charge in [0.1, 0.15) is 5.69 Å². The first-order chi connectivity index (χ1) is 10.2. The summed E-state index contributed by atoms with van der Waals surface area (Å²) in [5.74, 6) is 0.436. The number of likely N-dealkylation sites (tertiary alicyclic amines) is 1. The van der Waals surface area contributed by atoms with E-state index >= 15 is 0 Å². The summed E-state index contributed by atoms with van der Waals surface area (Å²) in [7, 11) is 0. The Hall–Kier alpha value is -2.43. The van der Waals surface area contributed by atoms with Crippen LogP contribution in [0.5, 0.6) is 0 Å². The van der Waals surface area contributed by atoms with E-state index in [9.17, 15) is 4.79 Å². The molecule has 2 aromatic rings. The maximum Gasteiger partial charge on any atom is 0.272 e. The first kappa shape index (κ1) is 13.5. The van der Waals surface area contributed by atoms with Crippen molar-refractivity contribution in [1.29, 1.82) is 0 Å². The van der Waals surface area contributed by atoms with Gasteiger partial charge in [-0.05, 0) is 38.0 Å². The number of hydrogen-bond acceptors (Lipinski definition) is 4. The Kier molecular flexibility index (Phi) is 3.81.